The Bertz CT molecular complexity index is 738. The van der Waals surface area contributed by atoms with Gasteiger partial charge in [-0.05, 0) is 20.8 Å². The first kappa shape index (κ1) is 14.1. The summed E-state index contributed by atoms with van der Waals surface area (Å²) in [5.41, 5.74) is 2.89. The Morgan fingerprint density at radius 3 is 2.76 bits per heavy atom. The van der Waals surface area contributed by atoms with Gasteiger partial charge < -0.3 is 4.57 Å². The van der Waals surface area contributed by atoms with Gasteiger partial charge in [0.15, 0.2) is 5.65 Å². The molecule has 3 heterocycles. The first-order valence-electron chi connectivity index (χ1n) is 7.03. The lowest BCUT2D eigenvalue weighted by Crippen LogP contribution is -2.14. The second-order valence-electron chi connectivity index (χ2n) is 4.98. The van der Waals surface area contributed by atoms with E-state index < -0.39 is 0 Å². The lowest BCUT2D eigenvalue weighted by atomic mass is 10.4. The highest BCUT2D eigenvalue weighted by Crippen LogP contribution is 2.26. The van der Waals surface area contributed by atoms with Crippen molar-refractivity contribution in [2.75, 3.05) is 0 Å². The fraction of sp³-hybridized carbons (Fsp3) is 0.538. The number of imidazole rings is 1. The number of aryl methyl sites for hydroxylation is 4. The second kappa shape index (κ2) is 5.48. The van der Waals surface area contributed by atoms with Crippen molar-refractivity contribution >= 4 is 22.8 Å². The van der Waals surface area contributed by atoms with Crippen molar-refractivity contribution in [3.05, 3.63) is 23.9 Å². The fourth-order valence-electron chi connectivity index (χ4n) is 2.54. The third kappa shape index (κ3) is 2.42. The Labute approximate surface area is 127 Å². The molecule has 21 heavy (non-hydrogen) atoms. The van der Waals surface area contributed by atoms with Crippen molar-refractivity contribution in [1.82, 2.24) is 34.3 Å². The molecule has 0 aliphatic rings. The van der Waals surface area contributed by atoms with Gasteiger partial charge in [-0.15, -0.1) is 16.7 Å². The third-order valence-electron chi connectivity index (χ3n) is 3.51. The Balaban J connectivity index is 2.06. The van der Waals surface area contributed by atoms with Crippen LogP contribution in [0.4, 0.5) is 0 Å². The maximum atomic E-state index is 6.30. The molecule has 7 nitrogen and oxygen atoms in total. The number of nitrogens with zero attached hydrogens (tertiary/aromatic N) is 7. The van der Waals surface area contributed by atoms with Crippen LogP contribution < -0.4 is 0 Å². The van der Waals surface area contributed by atoms with Gasteiger partial charge in [-0.3, -0.25) is 4.68 Å². The van der Waals surface area contributed by atoms with Gasteiger partial charge in [0.1, 0.15) is 11.3 Å². The SMILES string of the molecule is CCn1nc(C)c2nc(C(C)Cl)n(CCn3ccnn3)c21. The number of halogens is 1. The van der Waals surface area contributed by atoms with E-state index in [1.165, 1.54) is 0 Å². The number of alkyl halides is 1. The van der Waals surface area contributed by atoms with Gasteiger partial charge in [0.05, 0.1) is 23.8 Å². The number of hydrogen-bond acceptors (Lipinski definition) is 4. The van der Waals surface area contributed by atoms with Crippen molar-refractivity contribution < 1.29 is 0 Å². The maximum absolute atomic E-state index is 6.30. The number of fused-ring (bicyclic) bond motifs is 1. The molecule has 0 aromatic carbocycles. The Morgan fingerprint density at radius 2 is 2.14 bits per heavy atom. The summed E-state index contributed by atoms with van der Waals surface area (Å²) in [6.07, 6.45) is 3.52. The normalized spacial score (nSPS) is 13.1. The topological polar surface area (TPSA) is 66.3 Å². The summed E-state index contributed by atoms with van der Waals surface area (Å²) in [5, 5.41) is 12.2. The zero-order valence-electron chi connectivity index (χ0n) is 12.4. The van der Waals surface area contributed by atoms with Gasteiger partial charge in [0, 0.05) is 19.3 Å². The Hall–Kier alpha value is -1.89. The third-order valence-corrected chi connectivity index (χ3v) is 3.70. The van der Waals surface area contributed by atoms with E-state index in [1.54, 1.807) is 10.9 Å². The highest BCUT2D eigenvalue weighted by molar-refractivity contribution is 6.20. The van der Waals surface area contributed by atoms with E-state index in [4.69, 9.17) is 11.6 Å². The van der Waals surface area contributed by atoms with Gasteiger partial charge in [0.2, 0.25) is 0 Å². The standard InChI is InChI=1S/C13H18ClN7/c1-4-21-13-11(10(3)17-21)16-12(9(2)14)20(13)8-7-19-6-5-15-18-19/h5-6,9H,4,7-8H2,1-3H3. The zero-order chi connectivity index (χ0) is 15.0. The summed E-state index contributed by atoms with van der Waals surface area (Å²) in [7, 11) is 0. The molecule has 3 aromatic rings. The monoisotopic (exact) mass is 307 g/mol. The van der Waals surface area contributed by atoms with Crippen molar-refractivity contribution in [2.45, 2.75) is 45.8 Å². The molecule has 3 rings (SSSR count). The van der Waals surface area contributed by atoms with Gasteiger partial charge in [-0.2, -0.15) is 5.10 Å². The van der Waals surface area contributed by atoms with Crippen LogP contribution in [0.3, 0.4) is 0 Å². The van der Waals surface area contributed by atoms with Gasteiger partial charge in [-0.25, -0.2) is 9.67 Å². The average Bonchev–Trinajstić information content (AvgIpc) is 3.13. The number of aromatic nitrogens is 7. The quantitative estimate of drug-likeness (QED) is 0.677. The van der Waals surface area contributed by atoms with Crippen LogP contribution in [0.2, 0.25) is 0 Å². The molecule has 0 fully saturated rings. The van der Waals surface area contributed by atoms with Crippen LogP contribution in [0, 0.1) is 6.92 Å². The van der Waals surface area contributed by atoms with Crippen LogP contribution in [0.5, 0.6) is 0 Å². The van der Waals surface area contributed by atoms with Gasteiger partial charge in [0.25, 0.3) is 0 Å². The second-order valence-corrected chi connectivity index (χ2v) is 5.63. The molecule has 112 valence electrons. The molecule has 0 aliphatic carbocycles. The maximum Gasteiger partial charge on any atom is 0.159 e. The summed E-state index contributed by atoms with van der Waals surface area (Å²) in [6.45, 7) is 8.24. The number of hydrogen-bond donors (Lipinski definition) is 0. The molecule has 0 N–H and O–H groups in total. The Morgan fingerprint density at radius 1 is 1.33 bits per heavy atom. The molecule has 0 saturated carbocycles. The molecular formula is C13H18ClN7. The molecule has 1 atom stereocenters. The Kier molecular flexibility index (Phi) is 3.67. The van der Waals surface area contributed by atoms with Crippen LogP contribution in [-0.4, -0.2) is 34.3 Å². The first-order chi connectivity index (χ1) is 10.1. The predicted molar refractivity (Wildman–Crippen MR) is 80.2 cm³/mol. The van der Waals surface area contributed by atoms with Crippen molar-refractivity contribution in [2.24, 2.45) is 0 Å². The van der Waals surface area contributed by atoms with E-state index >= 15 is 0 Å². The number of rotatable bonds is 5. The lowest BCUT2D eigenvalue weighted by Gasteiger charge is -2.11. The minimum atomic E-state index is -0.155. The summed E-state index contributed by atoms with van der Waals surface area (Å²) < 4.78 is 5.91. The van der Waals surface area contributed by atoms with Crippen LogP contribution in [0.25, 0.3) is 11.2 Å². The van der Waals surface area contributed by atoms with Crippen LogP contribution >= 0.6 is 11.6 Å². The molecule has 1 unspecified atom stereocenters. The van der Waals surface area contributed by atoms with Crippen LogP contribution in [0.15, 0.2) is 12.4 Å². The van der Waals surface area contributed by atoms with E-state index in [2.05, 4.69) is 31.9 Å². The van der Waals surface area contributed by atoms with E-state index in [1.807, 2.05) is 24.7 Å². The zero-order valence-corrected chi connectivity index (χ0v) is 13.1. The first-order valence-corrected chi connectivity index (χ1v) is 7.47. The minimum absolute atomic E-state index is 0.155. The van der Waals surface area contributed by atoms with E-state index in [0.717, 1.165) is 42.3 Å². The highest BCUT2D eigenvalue weighted by Gasteiger charge is 2.20. The van der Waals surface area contributed by atoms with Crippen molar-refractivity contribution in [3.63, 3.8) is 0 Å². The molecule has 0 saturated heterocycles. The van der Waals surface area contributed by atoms with Crippen molar-refractivity contribution in [3.8, 4) is 0 Å². The van der Waals surface area contributed by atoms with Crippen LogP contribution in [0.1, 0.15) is 30.7 Å². The molecule has 3 aromatic heterocycles. The molecule has 0 radical (unpaired) electrons. The smallest absolute Gasteiger partial charge is 0.159 e. The molecule has 0 aliphatic heterocycles. The lowest BCUT2D eigenvalue weighted by molar-refractivity contribution is 0.505. The summed E-state index contributed by atoms with van der Waals surface area (Å²) in [4.78, 5) is 4.68. The summed E-state index contributed by atoms with van der Waals surface area (Å²) >= 11 is 6.30. The van der Waals surface area contributed by atoms with Crippen LogP contribution in [-0.2, 0) is 19.6 Å². The fourth-order valence-corrected chi connectivity index (χ4v) is 2.71. The van der Waals surface area contributed by atoms with Gasteiger partial charge in [-0.1, -0.05) is 5.21 Å². The predicted octanol–water partition coefficient (Wildman–Crippen LogP) is 2.15. The van der Waals surface area contributed by atoms with E-state index in [9.17, 15) is 0 Å². The summed E-state index contributed by atoms with van der Waals surface area (Å²) in [5.74, 6) is 0.870. The molecule has 8 heteroatoms. The summed E-state index contributed by atoms with van der Waals surface area (Å²) in [6, 6.07) is 0. The van der Waals surface area contributed by atoms with Gasteiger partial charge >= 0.3 is 0 Å². The minimum Gasteiger partial charge on any atom is -0.310 e. The molecule has 0 amide bonds. The van der Waals surface area contributed by atoms with E-state index in [0.29, 0.717) is 0 Å². The van der Waals surface area contributed by atoms with E-state index in [-0.39, 0.29) is 5.38 Å². The average molecular weight is 308 g/mol. The van der Waals surface area contributed by atoms with Crippen molar-refractivity contribution in [1.29, 1.82) is 0 Å². The molecular weight excluding hydrogens is 290 g/mol. The highest BCUT2D eigenvalue weighted by atomic mass is 35.5. The molecule has 0 bridgehead atoms. The molecule has 0 spiro atoms. The largest absolute Gasteiger partial charge is 0.310 e.